The van der Waals surface area contributed by atoms with E-state index in [1.807, 2.05) is 6.07 Å². The number of alkyl halides is 3. The fraction of sp³-hybridized carbons (Fsp3) is 0.316. The molecule has 1 amide bonds. The molecule has 0 saturated carbocycles. The van der Waals surface area contributed by atoms with Crippen molar-refractivity contribution in [1.82, 2.24) is 5.32 Å². The van der Waals surface area contributed by atoms with Crippen molar-refractivity contribution < 1.29 is 32.2 Å². The molecule has 8 heteroatoms. The summed E-state index contributed by atoms with van der Waals surface area (Å²) in [5.74, 6) is 0.790. The molecule has 0 bridgehead atoms. The van der Waals surface area contributed by atoms with Gasteiger partial charge in [-0.1, -0.05) is 12.1 Å². The van der Waals surface area contributed by atoms with Crippen LogP contribution in [0.25, 0.3) is 0 Å². The lowest BCUT2D eigenvalue weighted by atomic mass is 10.1. The molecule has 0 fully saturated rings. The third kappa shape index (κ3) is 4.84. The molecule has 1 atom stereocenters. The molecule has 3 rings (SSSR count). The molecule has 1 N–H and O–H groups in total. The van der Waals surface area contributed by atoms with Crippen LogP contribution in [0.4, 0.5) is 13.2 Å². The van der Waals surface area contributed by atoms with Gasteiger partial charge in [0.15, 0.2) is 18.1 Å². The van der Waals surface area contributed by atoms with E-state index in [2.05, 4.69) is 5.32 Å². The van der Waals surface area contributed by atoms with E-state index in [1.165, 1.54) is 12.1 Å². The zero-order valence-corrected chi connectivity index (χ0v) is 14.5. The van der Waals surface area contributed by atoms with Gasteiger partial charge in [-0.15, -0.1) is 0 Å². The molecule has 0 spiro atoms. The topological polar surface area (TPSA) is 56.8 Å². The largest absolute Gasteiger partial charge is 0.486 e. The average Bonchev–Trinajstić information content (AvgIpc) is 2.65. The Labute approximate surface area is 154 Å². The summed E-state index contributed by atoms with van der Waals surface area (Å²) >= 11 is 0. The highest BCUT2D eigenvalue weighted by molar-refractivity contribution is 5.78. The van der Waals surface area contributed by atoms with Crippen molar-refractivity contribution in [3.63, 3.8) is 0 Å². The highest BCUT2D eigenvalue weighted by Crippen LogP contribution is 2.33. The number of hydrogen-bond donors (Lipinski definition) is 1. The highest BCUT2D eigenvalue weighted by atomic mass is 19.4. The number of fused-ring (bicyclic) bond motifs is 1. The maximum Gasteiger partial charge on any atom is 0.416 e. The molecule has 0 aliphatic carbocycles. The molecule has 1 aliphatic rings. The second-order valence-corrected chi connectivity index (χ2v) is 6.01. The molecule has 1 aliphatic heterocycles. The minimum Gasteiger partial charge on any atom is -0.486 e. The number of amides is 1. The van der Waals surface area contributed by atoms with E-state index in [0.29, 0.717) is 24.7 Å². The molecule has 1 heterocycles. The van der Waals surface area contributed by atoms with E-state index in [4.69, 9.17) is 14.2 Å². The van der Waals surface area contributed by atoms with Crippen LogP contribution in [0, 0.1) is 0 Å². The van der Waals surface area contributed by atoms with Gasteiger partial charge >= 0.3 is 6.18 Å². The number of carbonyl (C=O) groups is 1. The van der Waals surface area contributed by atoms with Crippen LogP contribution in [0.5, 0.6) is 17.2 Å². The van der Waals surface area contributed by atoms with Gasteiger partial charge in [0.1, 0.15) is 19.0 Å². The zero-order chi connectivity index (χ0) is 19.4. The van der Waals surface area contributed by atoms with Gasteiger partial charge in [0.2, 0.25) is 0 Å². The molecular formula is C19H18F3NO4. The summed E-state index contributed by atoms with van der Waals surface area (Å²) in [6.45, 7) is 2.34. The summed E-state index contributed by atoms with van der Waals surface area (Å²) in [4.78, 5) is 12.1. The first-order valence-electron chi connectivity index (χ1n) is 8.32. The Morgan fingerprint density at radius 3 is 2.63 bits per heavy atom. The molecular weight excluding hydrogens is 363 g/mol. The van der Waals surface area contributed by atoms with Crippen LogP contribution in [0.3, 0.4) is 0 Å². The second-order valence-electron chi connectivity index (χ2n) is 6.01. The molecule has 0 radical (unpaired) electrons. The van der Waals surface area contributed by atoms with Crippen molar-refractivity contribution in [2.75, 3.05) is 19.8 Å². The Morgan fingerprint density at radius 1 is 1.15 bits per heavy atom. The number of nitrogens with one attached hydrogen (secondary N) is 1. The van der Waals surface area contributed by atoms with E-state index in [-0.39, 0.29) is 11.8 Å². The van der Waals surface area contributed by atoms with E-state index in [0.717, 1.165) is 17.7 Å². The number of ether oxygens (including phenoxy) is 3. The zero-order valence-electron chi connectivity index (χ0n) is 14.5. The quantitative estimate of drug-likeness (QED) is 0.858. The van der Waals surface area contributed by atoms with Crippen molar-refractivity contribution in [3.05, 3.63) is 53.6 Å². The molecule has 5 nitrogen and oxygen atoms in total. The Balaban J connectivity index is 1.56. The van der Waals surface area contributed by atoms with Gasteiger partial charge in [-0.2, -0.15) is 13.2 Å². The number of hydrogen-bond acceptors (Lipinski definition) is 4. The first-order chi connectivity index (χ1) is 12.8. The van der Waals surface area contributed by atoms with Crippen LogP contribution >= 0.6 is 0 Å². The van der Waals surface area contributed by atoms with E-state index in [9.17, 15) is 18.0 Å². The summed E-state index contributed by atoms with van der Waals surface area (Å²) in [5.41, 5.74) is -0.0169. The number of halogens is 3. The SMILES string of the molecule is C[C@@H](NC(=O)COc1cccc(C(F)(F)F)c1)c1ccc2c(c1)OCCO2. The van der Waals surface area contributed by atoms with E-state index in [1.54, 1.807) is 19.1 Å². The van der Waals surface area contributed by atoms with Gasteiger partial charge in [-0.05, 0) is 42.8 Å². The second kappa shape index (κ2) is 7.77. The number of rotatable bonds is 5. The van der Waals surface area contributed by atoms with Crippen molar-refractivity contribution in [3.8, 4) is 17.2 Å². The van der Waals surface area contributed by atoms with Gasteiger partial charge in [0.05, 0.1) is 11.6 Å². The predicted molar refractivity (Wildman–Crippen MR) is 90.9 cm³/mol. The van der Waals surface area contributed by atoms with Crippen molar-refractivity contribution in [1.29, 1.82) is 0 Å². The van der Waals surface area contributed by atoms with Crippen LogP contribution < -0.4 is 19.5 Å². The Morgan fingerprint density at radius 2 is 1.89 bits per heavy atom. The summed E-state index contributed by atoms with van der Waals surface area (Å²) in [6.07, 6.45) is -4.46. The van der Waals surface area contributed by atoms with Gasteiger partial charge in [-0.25, -0.2) is 0 Å². The standard InChI is InChI=1S/C19H18F3NO4/c1-12(13-5-6-16-17(9-13)26-8-7-25-16)23-18(24)11-27-15-4-2-3-14(10-15)19(20,21)22/h2-6,9-10,12H,7-8,11H2,1H3,(H,23,24)/t12-/m1/s1. The van der Waals surface area contributed by atoms with Crippen LogP contribution in [0.15, 0.2) is 42.5 Å². The van der Waals surface area contributed by atoms with Gasteiger partial charge in [0, 0.05) is 0 Å². The van der Waals surface area contributed by atoms with Gasteiger partial charge in [0.25, 0.3) is 5.91 Å². The first-order valence-corrected chi connectivity index (χ1v) is 8.32. The lowest BCUT2D eigenvalue weighted by Crippen LogP contribution is -2.31. The summed E-state index contributed by atoms with van der Waals surface area (Å²) < 4.78 is 54.2. The Kier molecular flexibility index (Phi) is 5.43. The highest BCUT2D eigenvalue weighted by Gasteiger charge is 2.30. The number of carbonyl (C=O) groups excluding carboxylic acids is 1. The molecule has 0 saturated heterocycles. The van der Waals surface area contributed by atoms with Crippen LogP contribution in [0.1, 0.15) is 24.1 Å². The summed E-state index contributed by atoms with van der Waals surface area (Å²) in [7, 11) is 0. The number of benzene rings is 2. The Bertz CT molecular complexity index is 823. The van der Waals surface area contributed by atoms with Crippen LogP contribution in [-0.2, 0) is 11.0 Å². The fourth-order valence-electron chi connectivity index (χ4n) is 2.61. The Hall–Kier alpha value is -2.90. The molecule has 2 aromatic rings. The summed E-state index contributed by atoms with van der Waals surface area (Å²) in [5, 5.41) is 2.74. The maximum absolute atomic E-state index is 12.7. The molecule has 27 heavy (non-hydrogen) atoms. The summed E-state index contributed by atoms with van der Waals surface area (Å²) in [6, 6.07) is 9.43. The third-order valence-corrected chi connectivity index (χ3v) is 3.98. The van der Waals surface area contributed by atoms with Crippen molar-refractivity contribution >= 4 is 5.91 Å². The fourth-order valence-corrected chi connectivity index (χ4v) is 2.61. The lowest BCUT2D eigenvalue weighted by Gasteiger charge is -2.21. The molecule has 144 valence electrons. The van der Waals surface area contributed by atoms with E-state index >= 15 is 0 Å². The monoisotopic (exact) mass is 381 g/mol. The minimum atomic E-state index is -4.46. The van der Waals surface area contributed by atoms with Crippen LogP contribution in [0.2, 0.25) is 0 Å². The smallest absolute Gasteiger partial charge is 0.416 e. The first kappa shape index (κ1) is 18.9. The third-order valence-electron chi connectivity index (χ3n) is 3.98. The molecule has 2 aromatic carbocycles. The van der Waals surface area contributed by atoms with Gasteiger partial charge < -0.3 is 19.5 Å². The lowest BCUT2D eigenvalue weighted by molar-refractivity contribution is -0.137. The maximum atomic E-state index is 12.7. The van der Waals surface area contributed by atoms with Crippen LogP contribution in [-0.4, -0.2) is 25.7 Å². The molecule has 0 aromatic heterocycles. The molecule has 0 unspecified atom stereocenters. The average molecular weight is 381 g/mol. The van der Waals surface area contributed by atoms with Crippen molar-refractivity contribution in [2.24, 2.45) is 0 Å². The van der Waals surface area contributed by atoms with E-state index < -0.39 is 24.3 Å². The predicted octanol–water partition coefficient (Wildman–Crippen LogP) is 3.73. The van der Waals surface area contributed by atoms with Crippen molar-refractivity contribution in [2.45, 2.75) is 19.1 Å². The minimum absolute atomic E-state index is 0.0213. The van der Waals surface area contributed by atoms with Gasteiger partial charge in [-0.3, -0.25) is 4.79 Å². The normalized spacial score (nSPS) is 14.4.